The van der Waals surface area contributed by atoms with Crippen molar-refractivity contribution in [2.24, 2.45) is 11.8 Å². The zero-order valence-electron chi connectivity index (χ0n) is 16.8. The van der Waals surface area contributed by atoms with Crippen LogP contribution in [0.15, 0.2) is 34.9 Å². The maximum Gasteiger partial charge on any atom is 0.313 e. The smallest absolute Gasteiger partial charge is 0.313 e. The number of rotatable bonds is 5. The number of carbonyl (C=O) groups excluding carboxylic acids is 2. The molecule has 0 amide bonds. The van der Waals surface area contributed by atoms with Gasteiger partial charge in [-0.1, -0.05) is 0 Å². The van der Waals surface area contributed by atoms with Crippen LogP contribution in [0.5, 0.6) is 11.5 Å². The molecule has 0 saturated carbocycles. The quantitative estimate of drug-likeness (QED) is 0.606. The van der Waals surface area contributed by atoms with Crippen LogP contribution in [0.4, 0.5) is 0 Å². The van der Waals surface area contributed by atoms with Gasteiger partial charge in [-0.05, 0) is 45.8 Å². The van der Waals surface area contributed by atoms with Crippen LogP contribution in [0.3, 0.4) is 0 Å². The summed E-state index contributed by atoms with van der Waals surface area (Å²) in [6.45, 7) is 0. The fraction of sp³-hybridized carbons (Fsp3) is 0.381. The molecule has 9 heteroatoms. The van der Waals surface area contributed by atoms with Crippen molar-refractivity contribution in [1.29, 1.82) is 0 Å². The maximum absolute atomic E-state index is 13.0. The van der Waals surface area contributed by atoms with Crippen LogP contribution in [-0.2, 0) is 29.4 Å². The van der Waals surface area contributed by atoms with Crippen LogP contribution in [0, 0.1) is 11.8 Å². The third kappa shape index (κ3) is 2.65. The van der Waals surface area contributed by atoms with Gasteiger partial charge in [0.05, 0.1) is 40.2 Å². The molecule has 30 heavy (non-hydrogen) atoms. The molecule has 1 saturated heterocycles. The fourth-order valence-corrected chi connectivity index (χ4v) is 5.09. The number of ether oxygens (including phenoxy) is 5. The number of esters is 2. The van der Waals surface area contributed by atoms with E-state index in [0.29, 0.717) is 32.8 Å². The minimum Gasteiger partial charge on any atom is -0.493 e. The van der Waals surface area contributed by atoms with Crippen molar-refractivity contribution in [3.05, 3.63) is 51.8 Å². The normalized spacial score (nSPS) is 26.1. The third-order valence-electron chi connectivity index (χ3n) is 5.74. The zero-order valence-corrected chi connectivity index (χ0v) is 18.4. The lowest BCUT2D eigenvalue weighted by Crippen LogP contribution is -2.45. The van der Waals surface area contributed by atoms with Crippen molar-refractivity contribution in [1.82, 2.24) is 4.98 Å². The Morgan fingerprint density at radius 2 is 1.73 bits per heavy atom. The van der Waals surface area contributed by atoms with Crippen LogP contribution in [0.2, 0.25) is 0 Å². The van der Waals surface area contributed by atoms with Crippen molar-refractivity contribution in [3.63, 3.8) is 0 Å². The Bertz CT molecular complexity index is 1030. The number of hydrogen-bond donors (Lipinski definition) is 0. The molecule has 3 heterocycles. The van der Waals surface area contributed by atoms with Crippen molar-refractivity contribution in [2.75, 3.05) is 28.4 Å². The van der Waals surface area contributed by atoms with E-state index in [9.17, 15) is 9.59 Å². The lowest BCUT2D eigenvalue weighted by molar-refractivity contribution is -0.159. The van der Waals surface area contributed by atoms with Gasteiger partial charge >= 0.3 is 11.9 Å². The summed E-state index contributed by atoms with van der Waals surface area (Å²) in [5.41, 5.74) is 0.467. The first-order valence-electron chi connectivity index (χ1n) is 9.15. The maximum atomic E-state index is 13.0. The number of pyridine rings is 1. The van der Waals surface area contributed by atoms with E-state index in [1.165, 1.54) is 28.4 Å². The van der Waals surface area contributed by atoms with Crippen molar-refractivity contribution in [2.45, 2.75) is 11.7 Å². The molecule has 1 aromatic heterocycles. The zero-order chi connectivity index (χ0) is 21.6. The summed E-state index contributed by atoms with van der Waals surface area (Å²) < 4.78 is 28.1. The first-order chi connectivity index (χ1) is 14.4. The van der Waals surface area contributed by atoms with Crippen molar-refractivity contribution >= 4 is 27.9 Å². The molecule has 8 nitrogen and oxygen atoms in total. The monoisotopic (exact) mass is 477 g/mol. The predicted octanol–water partition coefficient (Wildman–Crippen LogP) is 2.77. The number of halogens is 1. The van der Waals surface area contributed by atoms with E-state index in [-0.39, 0.29) is 0 Å². The summed E-state index contributed by atoms with van der Waals surface area (Å²) in [6, 6.07) is 7.08. The Hall–Kier alpha value is -2.65. The molecule has 2 aliphatic heterocycles. The van der Waals surface area contributed by atoms with Crippen LogP contribution < -0.4 is 9.47 Å². The number of hydrogen-bond acceptors (Lipinski definition) is 8. The number of methoxy groups -OCH3 is 4. The number of benzene rings is 1. The van der Waals surface area contributed by atoms with Gasteiger partial charge in [0.1, 0.15) is 11.8 Å². The van der Waals surface area contributed by atoms with Gasteiger partial charge in [-0.3, -0.25) is 14.6 Å². The standard InChI is InChI=1S/C21H20BrNO7/c1-26-13-8-10-11(9-14(13)27-2)21(18-12(22)6-5-7-23-18)16(20(25)29-4)15(17(10)30-21)19(24)28-3/h5-9,15-17H,1-4H3/t15?,16?,17-,21+/m1/s1. The summed E-state index contributed by atoms with van der Waals surface area (Å²) in [4.78, 5) is 30.3. The van der Waals surface area contributed by atoms with Gasteiger partial charge in [-0.25, -0.2) is 0 Å². The van der Waals surface area contributed by atoms with Gasteiger partial charge in [0.2, 0.25) is 0 Å². The third-order valence-corrected chi connectivity index (χ3v) is 6.38. The molecule has 158 valence electrons. The van der Waals surface area contributed by atoms with Gasteiger partial charge in [0, 0.05) is 16.2 Å². The van der Waals surface area contributed by atoms with E-state index in [1.54, 1.807) is 30.5 Å². The summed E-state index contributed by atoms with van der Waals surface area (Å²) in [7, 11) is 5.61. The largest absolute Gasteiger partial charge is 0.493 e. The first kappa shape index (κ1) is 20.6. The number of fused-ring (bicyclic) bond motifs is 5. The van der Waals surface area contributed by atoms with Gasteiger partial charge in [0.15, 0.2) is 17.1 Å². The van der Waals surface area contributed by atoms with Crippen LogP contribution in [0.1, 0.15) is 22.9 Å². The molecule has 2 aliphatic rings. The second-order valence-electron chi connectivity index (χ2n) is 6.95. The average molecular weight is 478 g/mol. The summed E-state index contributed by atoms with van der Waals surface area (Å²) in [5.74, 6) is -2.12. The number of aromatic nitrogens is 1. The molecule has 4 atom stereocenters. The minimum atomic E-state index is -1.37. The van der Waals surface area contributed by atoms with E-state index in [2.05, 4.69) is 20.9 Å². The lowest BCUT2D eigenvalue weighted by Gasteiger charge is -2.35. The van der Waals surface area contributed by atoms with E-state index in [1.807, 2.05) is 0 Å². The van der Waals surface area contributed by atoms with Crippen LogP contribution >= 0.6 is 15.9 Å². The van der Waals surface area contributed by atoms with E-state index in [0.717, 1.165) is 0 Å². The Balaban J connectivity index is 2.07. The molecule has 1 aromatic carbocycles. The van der Waals surface area contributed by atoms with Crippen molar-refractivity contribution in [3.8, 4) is 11.5 Å². The van der Waals surface area contributed by atoms with Gasteiger partial charge in [-0.2, -0.15) is 0 Å². The molecule has 1 fully saturated rings. The summed E-state index contributed by atoms with van der Waals surface area (Å²) in [5, 5.41) is 0. The van der Waals surface area contributed by atoms with Gasteiger partial charge in [0.25, 0.3) is 0 Å². The molecule has 4 rings (SSSR count). The number of nitrogens with zero attached hydrogens (tertiary/aromatic N) is 1. The Morgan fingerprint density at radius 3 is 2.33 bits per heavy atom. The highest BCUT2D eigenvalue weighted by molar-refractivity contribution is 9.10. The average Bonchev–Trinajstić information content (AvgIpc) is 3.29. The number of carbonyl (C=O) groups is 2. The van der Waals surface area contributed by atoms with E-state index < -0.39 is 35.5 Å². The second kappa shape index (κ2) is 7.55. The molecule has 0 radical (unpaired) electrons. The highest BCUT2D eigenvalue weighted by atomic mass is 79.9. The Morgan fingerprint density at radius 1 is 1.07 bits per heavy atom. The molecule has 2 unspecified atom stereocenters. The van der Waals surface area contributed by atoms with Gasteiger partial charge < -0.3 is 23.7 Å². The predicted molar refractivity (Wildman–Crippen MR) is 107 cm³/mol. The van der Waals surface area contributed by atoms with Crippen molar-refractivity contribution < 1.29 is 33.3 Å². The molecule has 0 spiro atoms. The van der Waals surface area contributed by atoms with Crippen LogP contribution in [-0.4, -0.2) is 45.4 Å². The van der Waals surface area contributed by atoms with E-state index in [4.69, 9.17) is 23.7 Å². The summed E-state index contributed by atoms with van der Waals surface area (Å²) in [6.07, 6.45) is 0.858. The molecular weight excluding hydrogens is 458 g/mol. The SMILES string of the molecule is COC(=O)C1C(C(=O)OC)[C@@]2(c3ncccc3Br)O[C@@H]1c1cc(OC)c(OC)cc12. The Kier molecular flexibility index (Phi) is 5.19. The highest BCUT2D eigenvalue weighted by Crippen LogP contribution is 2.65. The van der Waals surface area contributed by atoms with Crippen LogP contribution in [0.25, 0.3) is 0 Å². The molecular formula is C21H20BrNO7. The second-order valence-corrected chi connectivity index (χ2v) is 7.81. The lowest BCUT2D eigenvalue weighted by atomic mass is 9.67. The molecule has 0 aliphatic carbocycles. The topological polar surface area (TPSA) is 93.2 Å². The highest BCUT2D eigenvalue weighted by Gasteiger charge is 2.70. The summed E-state index contributed by atoms with van der Waals surface area (Å²) >= 11 is 3.52. The molecule has 2 bridgehead atoms. The molecule has 2 aromatic rings. The van der Waals surface area contributed by atoms with Gasteiger partial charge in [-0.15, -0.1) is 0 Å². The minimum absolute atomic E-state index is 0.461. The molecule has 0 N–H and O–H groups in total. The van der Waals surface area contributed by atoms with E-state index >= 15 is 0 Å². The fourth-order valence-electron chi connectivity index (χ4n) is 4.54. The Labute approximate surface area is 181 Å². The first-order valence-corrected chi connectivity index (χ1v) is 9.94.